The fraction of sp³-hybridized carbons (Fsp3) is 0.800. The highest BCUT2D eigenvalue weighted by Crippen LogP contribution is 2.20. The largest absolute Gasteiger partial charge is 0.370 e. The van der Waals surface area contributed by atoms with Gasteiger partial charge in [-0.2, -0.15) is 0 Å². The summed E-state index contributed by atoms with van der Waals surface area (Å²) >= 11 is 0. The average molecular weight is 311 g/mol. The van der Waals surface area contributed by atoms with Gasteiger partial charge >= 0.3 is 0 Å². The van der Waals surface area contributed by atoms with Crippen LogP contribution in [0.3, 0.4) is 0 Å². The van der Waals surface area contributed by atoms with Crippen molar-refractivity contribution in [2.45, 2.75) is 33.1 Å². The Morgan fingerprint density at radius 2 is 2.09 bits per heavy atom. The zero-order valence-corrected chi connectivity index (χ0v) is 14.1. The van der Waals surface area contributed by atoms with Gasteiger partial charge < -0.3 is 21.3 Å². The molecule has 1 saturated heterocycles. The van der Waals surface area contributed by atoms with Crippen LogP contribution in [-0.4, -0.2) is 56.4 Å². The third-order valence-electron chi connectivity index (χ3n) is 4.05. The van der Waals surface area contributed by atoms with E-state index in [1.54, 1.807) is 14.1 Å². The van der Waals surface area contributed by atoms with Gasteiger partial charge in [0, 0.05) is 40.2 Å². The van der Waals surface area contributed by atoms with Gasteiger partial charge in [-0.1, -0.05) is 0 Å². The lowest BCUT2D eigenvalue weighted by atomic mass is 9.92. The Kier molecular flexibility index (Phi) is 6.64. The third-order valence-corrected chi connectivity index (χ3v) is 4.05. The van der Waals surface area contributed by atoms with Gasteiger partial charge in [-0.3, -0.25) is 14.6 Å². The molecule has 0 saturated carbocycles. The van der Waals surface area contributed by atoms with Gasteiger partial charge in [0.15, 0.2) is 5.96 Å². The van der Waals surface area contributed by atoms with Gasteiger partial charge in [0.25, 0.3) is 0 Å². The first-order chi connectivity index (χ1) is 10.3. The summed E-state index contributed by atoms with van der Waals surface area (Å²) in [7, 11) is 3.37. The number of carbonyl (C=O) groups excluding carboxylic acids is 2. The van der Waals surface area contributed by atoms with Gasteiger partial charge in [0.1, 0.15) is 0 Å². The second-order valence-corrected chi connectivity index (χ2v) is 6.49. The number of nitrogens with one attached hydrogen (secondary N) is 2. The van der Waals surface area contributed by atoms with Gasteiger partial charge in [-0.05, 0) is 32.6 Å². The van der Waals surface area contributed by atoms with Crippen molar-refractivity contribution in [3.63, 3.8) is 0 Å². The lowest BCUT2D eigenvalue weighted by Crippen LogP contribution is -2.51. The number of amides is 2. The predicted molar refractivity (Wildman–Crippen MR) is 87.3 cm³/mol. The Labute approximate surface area is 132 Å². The van der Waals surface area contributed by atoms with E-state index >= 15 is 0 Å². The monoisotopic (exact) mass is 311 g/mol. The first-order valence-corrected chi connectivity index (χ1v) is 7.76. The van der Waals surface area contributed by atoms with E-state index in [4.69, 9.17) is 5.73 Å². The number of hydrogen-bond acceptors (Lipinski definition) is 3. The molecular weight excluding hydrogens is 282 g/mol. The molecule has 0 bridgehead atoms. The Hall–Kier alpha value is -1.79. The maximum Gasteiger partial charge on any atom is 0.227 e. The van der Waals surface area contributed by atoms with Crippen LogP contribution in [0, 0.1) is 11.3 Å². The molecule has 1 fully saturated rings. The normalized spacial score (nSPS) is 19.7. The summed E-state index contributed by atoms with van der Waals surface area (Å²) in [6.45, 7) is 5.94. The summed E-state index contributed by atoms with van der Waals surface area (Å²) in [6.07, 6.45) is 2.44. The van der Waals surface area contributed by atoms with Crippen LogP contribution in [0.25, 0.3) is 0 Å². The number of piperidine rings is 1. The molecule has 1 heterocycles. The van der Waals surface area contributed by atoms with E-state index in [2.05, 4.69) is 20.5 Å². The van der Waals surface area contributed by atoms with Gasteiger partial charge in [-0.15, -0.1) is 0 Å². The topological polar surface area (TPSA) is 99.8 Å². The minimum Gasteiger partial charge on any atom is -0.370 e. The van der Waals surface area contributed by atoms with Gasteiger partial charge in [-0.25, -0.2) is 0 Å². The molecule has 1 unspecified atom stereocenters. The number of guanidine groups is 1. The molecule has 2 amide bonds. The molecule has 0 aromatic rings. The summed E-state index contributed by atoms with van der Waals surface area (Å²) < 4.78 is 0. The highest BCUT2D eigenvalue weighted by Gasteiger charge is 2.28. The molecule has 0 spiro atoms. The first-order valence-electron chi connectivity index (χ1n) is 7.76. The van der Waals surface area contributed by atoms with E-state index in [0.29, 0.717) is 13.0 Å². The molecule has 0 aromatic carbocycles. The highest BCUT2D eigenvalue weighted by atomic mass is 16.2. The van der Waals surface area contributed by atoms with E-state index in [1.165, 1.54) is 0 Å². The van der Waals surface area contributed by atoms with E-state index in [1.807, 2.05) is 13.8 Å². The van der Waals surface area contributed by atoms with E-state index < -0.39 is 5.41 Å². The van der Waals surface area contributed by atoms with Crippen molar-refractivity contribution < 1.29 is 9.59 Å². The summed E-state index contributed by atoms with van der Waals surface area (Å²) in [5.74, 6) is 0.777. The molecular formula is C15H29N5O2. The van der Waals surface area contributed by atoms with E-state index in [0.717, 1.165) is 31.9 Å². The van der Waals surface area contributed by atoms with Crippen LogP contribution in [0.2, 0.25) is 0 Å². The summed E-state index contributed by atoms with van der Waals surface area (Å²) in [4.78, 5) is 29.4. The second-order valence-electron chi connectivity index (χ2n) is 6.49. The fourth-order valence-corrected chi connectivity index (χ4v) is 2.76. The summed E-state index contributed by atoms with van der Waals surface area (Å²) in [6, 6.07) is 0. The first kappa shape index (κ1) is 18.3. The average Bonchev–Trinajstić information content (AvgIpc) is 2.46. The molecule has 22 heavy (non-hydrogen) atoms. The fourth-order valence-electron chi connectivity index (χ4n) is 2.76. The SMILES string of the molecule is CN=C(NCC(C)(C)C(=O)NC)N1CCCC(CC(N)=O)C1. The van der Waals surface area contributed by atoms with E-state index in [9.17, 15) is 9.59 Å². The van der Waals surface area contributed by atoms with Crippen LogP contribution in [0.4, 0.5) is 0 Å². The van der Waals surface area contributed by atoms with Crippen molar-refractivity contribution in [2.75, 3.05) is 33.7 Å². The molecule has 0 aromatic heterocycles. The molecule has 1 rings (SSSR count). The quantitative estimate of drug-likeness (QED) is 0.488. The smallest absolute Gasteiger partial charge is 0.227 e. The maximum atomic E-state index is 11.8. The van der Waals surface area contributed by atoms with Crippen molar-refractivity contribution in [1.29, 1.82) is 0 Å². The van der Waals surface area contributed by atoms with Crippen LogP contribution in [-0.2, 0) is 9.59 Å². The zero-order chi connectivity index (χ0) is 16.8. The Morgan fingerprint density at radius 3 is 2.64 bits per heavy atom. The highest BCUT2D eigenvalue weighted by molar-refractivity contribution is 5.84. The van der Waals surface area contributed by atoms with Crippen LogP contribution in [0.5, 0.6) is 0 Å². The Morgan fingerprint density at radius 1 is 1.41 bits per heavy atom. The van der Waals surface area contributed by atoms with Gasteiger partial charge in [0.2, 0.25) is 11.8 Å². The van der Waals surface area contributed by atoms with Gasteiger partial charge in [0.05, 0.1) is 5.41 Å². The van der Waals surface area contributed by atoms with Crippen LogP contribution >= 0.6 is 0 Å². The van der Waals surface area contributed by atoms with Crippen molar-refractivity contribution >= 4 is 17.8 Å². The number of aliphatic imine (C=N–C) groups is 1. The number of nitrogens with two attached hydrogens (primary N) is 1. The van der Waals surface area contributed by atoms with E-state index in [-0.39, 0.29) is 17.7 Å². The number of rotatable bonds is 5. The molecule has 1 aliphatic rings. The zero-order valence-electron chi connectivity index (χ0n) is 14.1. The van der Waals surface area contributed by atoms with Crippen LogP contribution in [0.15, 0.2) is 4.99 Å². The number of primary amides is 1. The van der Waals surface area contributed by atoms with Crippen molar-refractivity contribution in [3.8, 4) is 0 Å². The molecule has 126 valence electrons. The molecule has 0 radical (unpaired) electrons. The molecule has 4 N–H and O–H groups in total. The van der Waals surface area contributed by atoms with Crippen molar-refractivity contribution in [3.05, 3.63) is 0 Å². The summed E-state index contributed by atoms with van der Waals surface area (Å²) in [5.41, 5.74) is 4.77. The van der Waals surface area contributed by atoms with Crippen LogP contribution in [0.1, 0.15) is 33.1 Å². The lowest BCUT2D eigenvalue weighted by molar-refractivity contribution is -0.128. The Balaban J connectivity index is 2.60. The van der Waals surface area contributed by atoms with Crippen molar-refractivity contribution in [1.82, 2.24) is 15.5 Å². The molecule has 7 heteroatoms. The second kappa shape index (κ2) is 8.00. The number of carbonyl (C=O) groups is 2. The number of nitrogens with zero attached hydrogens (tertiary/aromatic N) is 2. The molecule has 1 atom stereocenters. The molecule has 0 aliphatic carbocycles. The standard InChI is InChI=1S/C15H29N5O2/c1-15(2,13(22)17-3)10-19-14(18-4)20-7-5-6-11(9-20)8-12(16)21/h11H,5-10H2,1-4H3,(H2,16,21)(H,17,22)(H,18,19). The minimum absolute atomic E-state index is 0.0132. The van der Waals surface area contributed by atoms with Crippen molar-refractivity contribution in [2.24, 2.45) is 22.1 Å². The number of likely N-dealkylation sites (tertiary alicyclic amines) is 1. The third kappa shape index (κ3) is 5.20. The Bertz CT molecular complexity index is 434. The van der Waals surface area contributed by atoms with Crippen LogP contribution < -0.4 is 16.4 Å². The molecule has 7 nitrogen and oxygen atoms in total. The maximum absolute atomic E-state index is 11.8. The minimum atomic E-state index is -0.521. The predicted octanol–water partition coefficient (Wildman–Crippen LogP) is -0.0786. The lowest BCUT2D eigenvalue weighted by Gasteiger charge is -2.35. The number of hydrogen-bond donors (Lipinski definition) is 3. The molecule has 1 aliphatic heterocycles. The summed E-state index contributed by atoms with van der Waals surface area (Å²) in [5, 5.41) is 5.94.